The highest BCUT2D eigenvalue weighted by atomic mass is 35.5. The van der Waals surface area contributed by atoms with Crippen molar-refractivity contribution in [1.29, 1.82) is 0 Å². The minimum Gasteiger partial charge on any atom is -0.382 e. The molecule has 0 aromatic carbocycles. The third-order valence-electron chi connectivity index (χ3n) is 3.04. The van der Waals surface area contributed by atoms with E-state index in [2.05, 4.69) is 5.32 Å². The van der Waals surface area contributed by atoms with Gasteiger partial charge in [-0.25, -0.2) is 0 Å². The Kier molecular flexibility index (Phi) is 6.94. The lowest BCUT2D eigenvalue weighted by Gasteiger charge is -2.17. The maximum Gasteiger partial charge on any atom is 0.416 e. The third-order valence-corrected chi connectivity index (χ3v) is 3.04. The summed E-state index contributed by atoms with van der Waals surface area (Å²) in [5, 5.41) is 10.8. The van der Waals surface area contributed by atoms with E-state index in [-0.39, 0.29) is 30.8 Å². The molecule has 1 fully saturated rings. The first-order valence-electron chi connectivity index (χ1n) is 5.57. The van der Waals surface area contributed by atoms with Crippen molar-refractivity contribution in [3.8, 4) is 0 Å². The topological polar surface area (TPSA) is 75.4 Å². The van der Waals surface area contributed by atoms with Crippen LogP contribution in [0.4, 0.5) is 13.2 Å². The number of hydrogen-bond acceptors (Lipinski definition) is 3. The number of aliphatic hydroxyl groups is 1. The predicted molar refractivity (Wildman–Crippen MR) is 62.3 cm³/mol. The Balaban J connectivity index is 0.00000289. The van der Waals surface area contributed by atoms with Crippen molar-refractivity contribution in [2.45, 2.75) is 44.0 Å². The number of nitrogens with two attached hydrogens (primary N) is 1. The summed E-state index contributed by atoms with van der Waals surface area (Å²) in [6, 6.07) is -0.0479. The quantitative estimate of drug-likeness (QED) is 0.722. The van der Waals surface area contributed by atoms with Gasteiger partial charge < -0.3 is 16.2 Å². The van der Waals surface area contributed by atoms with Crippen LogP contribution in [0.2, 0.25) is 0 Å². The van der Waals surface area contributed by atoms with Crippen LogP contribution >= 0.6 is 12.4 Å². The van der Waals surface area contributed by atoms with Crippen molar-refractivity contribution in [2.75, 3.05) is 6.54 Å². The Labute approximate surface area is 110 Å². The van der Waals surface area contributed by atoms with Crippen LogP contribution in [0.25, 0.3) is 0 Å². The molecule has 108 valence electrons. The van der Waals surface area contributed by atoms with E-state index in [0.29, 0.717) is 0 Å². The number of carbonyl (C=O) groups excluding carboxylic acids is 1. The van der Waals surface area contributed by atoms with E-state index >= 15 is 0 Å². The van der Waals surface area contributed by atoms with Gasteiger partial charge in [-0.3, -0.25) is 4.79 Å². The number of nitrogens with one attached hydrogen (secondary N) is 1. The summed E-state index contributed by atoms with van der Waals surface area (Å²) in [5.74, 6) is -0.450. The third kappa shape index (κ3) is 5.41. The smallest absolute Gasteiger partial charge is 0.382 e. The zero-order valence-electron chi connectivity index (χ0n) is 9.74. The van der Waals surface area contributed by atoms with Crippen LogP contribution < -0.4 is 11.1 Å². The summed E-state index contributed by atoms with van der Waals surface area (Å²) >= 11 is 0. The number of rotatable bonds is 4. The summed E-state index contributed by atoms with van der Waals surface area (Å²) in [4.78, 5) is 11.3. The van der Waals surface area contributed by atoms with Gasteiger partial charge in [0.2, 0.25) is 5.91 Å². The van der Waals surface area contributed by atoms with E-state index in [1.807, 2.05) is 0 Å². The summed E-state index contributed by atoms with van der Waals surface area (Å²) in [6.07, 6.45) is -4.45. The van der Waals surface area contributed by atoms with Crippen LogP contribution in [0.3, 0.4) is 0 Å². The van der Waals surface area contributed by atoms with Crippen LogP contribution in [0.5, 0.6) is 0 Å². The summed E-state index contributed by atoms with van der Waals surface area (Å²) in [7, 11) is 0. The molecule has 8 heteroatoms. The second-order valence-corrected chi connectivity index (χ2v) is 4.42. The molecule has 18 heavy (non-hydrogen) atoms. The molecule has 4 nitrogen and oxygen atoms in total. The van der Waals surface area contributed by atoms with Crippen LogP contribution in [0.15, 0.2) is 0 Å². The van der Waals surface area contributed by atoms with E-state index < -0.39 is 24.7 Å². The van der Waals surface area contributed by atoms with E-state index in [1.54, 1.807) is 0 Å². The van der Waals surface area contributed by atoms with Crippen molar-refractivity contribution < 1.29 is 23.1 Å². The molecule has 3 atom stereocenters. The number of carbonyl (C=O) groups is 1. The molecule has 0 aliphatic heterocycles. The Hall–Kier alpha value is -0.530. The van der Waals surface area contributed by atoms with Gasteiger partial charge in [0.15, 0.2) is 6.10 Å². The summed E-state index contributed by atoms with van der Waals surface area (Å²) in [6.45, 7) is -0.801. The van der Waals surface area contributed by atoms with Gasteiger partial charge in [0.25, 0.3) is 0 Å². The second kappa shape index (κ2) is 7.16. The zero-order chi connectivity index (χ0) is 13.1. The van der Waals surface area contributed by atoms with E-state index in [0.717, 1.165) is 19.3 Å². The fraction of sp³-hybridized carbons (Fsp3) is 0.900. The number of hydrogen-bond donors (Lipinski definition) is 3. The van der Waals surface area contributed by atoms with Gasteiger partial charge in [0, 0.05) is 12.5 Å². The van der Waals surface area contributed by atoms with Crippen molar-refractivity contribution in [3.05, 3.63) is 0 Å². The number of alkyl halides is 3. The summed E-state index contributed by atoms with van der Waals surface area (Å²) < 4.78 is 35.8. The molecule has 0 heterocycles. The Bertz CT molecular complexity index is 276. The highest BCUT2D eigenvalue weighted by Gasteiger charge is 2.38. The first-order valence-corrected chi connectivity index (χ1v) is 5.57. The van der Waals surface area contributed by atoms with E-state index in [1.165, 1.54) is 0 Å². The molecule has 1 unspecified atom stereocenters. The fourth-order valence-corrected chi connectivity index (χ4v) is 1.96. The highest BCUT2D eigenvalue weighted by molar-refractivity contribution is 5.85. The molecular weight excluding hydrogens is 273 g/mol. The monoisotopic (exact) mass is 290 g/mol. The molecule has 1 aliphatic carbocycles. The lowest BCUT2D eigenvalue weighted by atomic mass is 10.00. The average Bonchev–Trinajstić information content (AvgIpc) is 2.59. The van der Waals surface area contributed by atoms with Gasteiger partial charge in [-0.05, 0) is 18.8 Å². The largest absolute Gasteiger partial charge is 0.416 e. The molecule has 0 saturated heterocycles. The standard InChI is InChI=1S/C10H17F3N2O2.ClH/c11-10(12,13)8(16)5-15-9(17)4-6-2-1-3-7(6)14;/h6-8,16H,1-5,14H2,(H,15,17);1H/t6-,7+,8?;/m0./s1. The normalized spacial score (nSPS) is 25.4. The molecule has 1 rings (SSSR count). The molecule has 0 aromatic rings. The average molecular weight is 291 g/mol. The molecule has 0 spiro atoms. The van der Waals surface area contributed by atoms with Crippen molar-refractivity contribution in [2.24, 2.45) is 11.7 Å². The van der Waals surface area contributed by atoms with E-state index in [9.17, 15) is 18.0 Å². The number of aliphatic hydroxyl groups excluding tert-OH is 1. The molecule has 1 amide bonds. The number of halogens is 4. The van der Waals surface area contributed by atoms with Crippen molar-refractivity contribution in [3.63, 3.8) is 0 Å². The van der Waals surface area contributed by atoms with Gasteiger partial charge in [0.1, 0.15) is 0 Å². The van der Waals surface area contributed by atoms with Gasteiger partial charge in [0.05, 0.1) is 6.54 Å². The SMILES string of the molecule is Cl.N[C@@H]1CCC[C@H]1CC(=O)NCC(O)C(F)(F)F. The number of amides is 1. The minimum absolute atomic E-state index is 0. The Morgan fingerprint density at radius 3 is 2.50 bits per heavy atom. The first-order chi connectivity index (χ1) is 7.80. The Morgan fingerprint density at radius 2 is 2.06 bits per heavy atom. The molecule has 4 N–H and O–H groups in total. The van der Waals surface area contributed by atoms with Gasteiger partial charge in [-0.2, -0.15) is 13.2 Å². The maximum absolute atomic E-state index is 11.9. The first kappa shape index (κ1) is 17.5. The molecule has 0 aromatic heterocycles. The molecule has 0 bridgehead atoms. The molecular formula is C10H18ClF3N2O2. The van der Waals surface area contributed by atoms with E-state index in [4.69, 9.17) is 10.8 Å². The van der Waals surface area contributed by atoms with Crippen LogP contribution in [0, 0.1) is 5.92 Å². The van der Waals surface area contributed by atoms with Crippen LogP contribution in [0.1, 0.15) is 25.7 Å². The lowest BCUT2D eigenvalue weighted by Crippen LogP contribution is -2.41. The van der Waals surface area contributed by atoms with Gasteiger partial charge in [-0.15, -0.1) is 12.4 Å². The Morgan fingerprint density at radius 1 is 1.44 bits per heavy atom. The maximum atomic E-state index is 11.9. The van der Waals surface area contributed by atoms with Crippen molar-refractivity contribution in [1.82, 2.24) is 5.32 Å². The van der Waals surface area contributed by atoms with Crippen molar-refractivity contribution >= 4 is 18.3 Å². The highest BCUT2D eigenvalue weighted by Crippen LogP contribution is 2.26. The zero-order valence-corrected chi connectivity index (χ0v) is 10.6. The summed E-state index contributed by atoms with van der Waals surface area (Å²) in [5.41, 5.74) is 5.74. The lowest BCUT2D eigenvalue weighted by molar-refractivity contribution is -0.201. The molecule has 1 aliphatic rings. The van der Waals surface area contributed by atoms with Gasteiger partial charge >= 0.3 is 6.18 Å². The molecule has 0 radical (unpaired) electrons. The fourth-order valence-electron chi connectivity index (χ4n) is 1.96. The predicted octanol–water partition coefficient (Wildman–Crippen LogP) is 0.965. The minimum atomic E-state index is -4.70. The second-order valence-electron chi connectivity index (χ2n) is 4.42. The van der Waals surface area contributed by atoms with Crippen LogP contribution in [-0.4, -0.2) is 35.9 Å². The molecule has 1 saturated carbocycles. The van der Waals surface area contributed by atoms with Gasteiger partial charge in [-0.1, -0.05) is 6.42 Å². The van der Waals surface area contributed by atoms with Crippen LogP contribution in [-0.2, 0) is 4.79 Å².